The maximum absolute atomic E-state index is 13.6. The molecule has 1 aliphatic carbocycles. The van der Waals surface area contributed by atoms with Crippen LogP contribution in [0.15, 0.2) is 63.1 Å². The number of aryl methyl sites for hydroxylation is 2. The smallest absolute Gasteiger partial charge is 0.296 e. The third kappa shape index (κ3) is 5.87. The molecule has 0 radical (unpaired) electrons. The van der Waals surface area contributed by atoms with E-state index in [2.05, 4.69) is 4.98 Å². The molecule has 7 heteroatoms. The van der Waals surface area contributed by atoms with Crippen LogP contribution in [0.4, 0.5) is 0 Å². The van der Waals surface area contributed by atoms with Crippen molar-refractivity contribution in [3.63, 3.8) is 0 Å². The summed E-state index contributed by atoms with van der Waals surface area (Å²) in [5, 5.41) is 11.3. The van der Waals surface area contributed by atoms with Gasteiger partial charge in [-0.1, -0.05) is 86.9 Å². The summed E-state index contributed by atoms with van der Waals surface area (Å²) in [7, 11) is -4.32. The Morgan fingerprint density at radius 2 is 1.32 bits per heavy atom. The molecular weight excluding hydrogens is 448 g/mol. The van der Waals surface area contributed by atoms with Crippen LogP contribution < -0.4 is 5.56 Å². The van der Waals surface area contributed by atoms with E-state index < -0.39 is 31.7 Å². The predicted molar refractivity (Wildman–Crippen MR) is 134 cm³/mol. The van der Waals surface area contributed by atoms with Gasteiger partial charge in [0.1, 0.15) is 5.82 Å². The summed E-state index contributed by atoms with van der Waals surface area (Å²) in [4.78, 5) is 16.2. The fourth-order valence-electron chi connectivity index (χ4n) is 4.85. The second-order valence-corrected chi connectivity index (χ2v) is 11.4. The van der Waals surface area contributed by atoms with Gasteiger partial charge >= 0.3 is 0 Å². The minimum atomic E-state index is -4.32. The van der Waals surface area contributed by atoms with Gasteiger partial charge in [-0.2, -0.15) is 4.98 Å². The quantitative estimate of drug-likeness (QED) is 0.598. The number of aromatic hydroxyl groups is 1. The van der Waals surface area contributed by atoms with Crippen LogP contribution in [0.3, 0.4) is 0 Å². The Balaban J connectivity index is 2.18. The number of aromatic nitrogens is 2. The lowest BCUT2D eigenvalue weighted by Crippen LogP contribution is -2.36. The van der Waals surface area contributed by atoms with Gasteiger partial charge in [-0.3, -0.25) is 9.36 Å². The SMILES string of the molecule is Cc1ccccc(S(=O)(=O)c2c(O)n(C3(C)CCCCCCCCC3)c(C)nc2=O)cccc1. The second-order valence-electron chi connectivity index (χ2n) is 9.51. The standard InChI is InChI=1S/C27H36N2O4S/c1-21-15-9-11-17-23(18-12-10-16-21)34(32,33)24-25(30)28-22(2)29(26(24)31)27(3)19-13-7-5-4-6-8-14-20-27/h9-12,15-18,31H,4-8,13-14,19-20H2,1-3H3. The molecule has 1 aromatic heterocycles. The van der Waals surface area contributed by atoms with Crippen LogP contribution in [-0.4, -0.2) is 23.1 Å². The second kappa shape index (κ2) is 11.2. The van der Waals surface area contributed by atoms with Gasteiger partial charge in [-0.15, -0.1) is 0 Å². The Morgan fingerprint density at radius 3 is 1.85 bits per heavy atom. The molecule has 1 heterocycles. The molecule has 6 nitrogen and oxygen atoms in total. The summed E-state index contributed by atoms with van der Waals surface area (Å²) in [5.74, 6) is -0.182. The number of sulfone groups is 1. The van der Waals surface area contributed by atoms with E-state index >= 15 is 0 Å². The lowest BCUT2D eigenvalue weighted by atomic mass is 9.86. The highest BCUT2D eigenvalue weighted by Gasteiger charge is 2.35. The number of hydrogen-bond donors (Lipinski definition) is 1. The average Bonchev–Trinajstić information content (AvgIpc) is 2.76. The topological polar surface area (TPSA) is 89.3 Å². The van der Waals surface area contributed by atoms with Gasteiger partial charge in [-0.05, 0) is 45.7 Å². The molecule has 3 rings (SSSR count). The highest BCUT2D eigenvalue weighted by atomic mass is 32.2. The molecule has 0 amide bonds. The molecule has 0 spiro atoms. The molecule has 1 saturated carbocycles. The van der Waals surface area contributed by atoms with Crippen LogP contribution in [0, 0.1) is 13.8 Å². The largest absolute Gasteiger partial charge is 0.493 e. The molecule has 1 aliphatic rings. The van der Waals surface area contributed by atoms with Crippen LogP contribution >= 0.6 is 0 Å². The van der Waals surface area contributed by atoms with Crippen molar-refractivity contribution in [2.24, 2.45) is 0 Å². The van der Waals surface area contributed by atoms with E-state index in [1.807, 2.05) is 26.0 Å². The Hall–Kier alpha value is -2.67. The van der Waals surface area contributed by atoms with E-state index in [4.69, 9.17) is 0 Å². The average molecular weight is 485 g/mol. The number of rotatable bonds is 3. The van der Waals surface area contributed by atoms with Crippen molar-refractivity contribution in [2.45, 2.75) is 93.9 Å². The zero-order chi connectivity index (χ0) is 24.8. The highest BCUT2D eigenvalue weighted by molar-refractivity contribution is 7.91. The van der Waals surface area contributed by atoms with Crippen LogP contribution in [-0.2, 0) is 15.4 Å². The Morgan fingerprint density at radius 1 is 0.853 bits per heavy atom. The molecule has 0 bridgehead atoms. The zero-order valence-corrected chi connectivity index (χ0v) is 21.3. The summed E-state index contributed by atoms with van der Waals surface area (Å²) < 4.78 is 28.8. The summed E-state index contributed by atoms with van der Waals surface area (Å²) in [5.41, 5.74) is -0.443. The normalized spacial score (nSPS) is 16.9. The number of nitrogens with zero attached hydrogens (tertiary/aromatic N) is 2. The van der Waals surface area contributed by atoms with Gasteiger partial charge in [0.05, 0.1) is 4.90 Å². The Bertz CT molecular complexity index is 1200. The molecule has 2 aromatic rings. The lowest BCUT2D eigenvalue weighted by Gasteiger charge is -2.36. The van der Waals surface area contributed by atoms with Gasteiger partial charge in [0.2, 0.25) is 15.7 Å². The summed E-state index contributed by atoms with van der Waals surface area (Å²) >= 11 is 0. The van der Waals surface area contributed by atoms with Gasteiger partial charge in [0.25, 0.3) is 5.56 Å². The van der Waals surface area contributed by atoms with Gasteiger partial charge in [-0.25, -0.2) is 8.42 Å². The summed E-state index contributed by atoms with van der Waals surface area (Å²) in [6, 6.07) is 13.3. The molecule has 34 heavy (non-hydrogen) atoms. The van der Waals surface area contributed by atoms with Crippen molar-refractivity contribution in [3.8, 4) is 5.88 Å². The van der Waals surface area contributed by atoms with E-state index in [1.54, 1.807) is 35.8 Å². The van der Waals surface area contributed by atoms with E-state index in [9.17, 15) is 18.3 Å². The molecule has 0 atom stereocenters. The molecule has 0 saturated heterocycles. The van der Waals surface area contributed by atoms with Crippen LogP contribution in [0.2, 0.25) is 0 Å². The van der Waals surface area contributed by atoms with E-state index in [-0.39, 0.29) is 4.90 Å². The molecule has 184 valence electrons. The van der Waals surface area contributed by atoms with Crippen molar-refractivity contribution in [1.29, 1.82) is 0 Å². The molecule has 0 aliphatic heterocycles. The van der Waals surface area contributed by atoms with Crippen LogP contribution in [0.5, 0.6) is 5.88 Å². The fourth-order valence-corrected chi connectivity index (χ4v) is 6.21. The Kier molecular flexibility index (Phi) is 8.52. The minimum absolute atomic E-state index is 0.0814. The number of hydrogen-bond acceptors (Lipinski definition) is 5. The van der Waals surface area contributed by atoms with E-state index in [0.29, 0.717) is 5.82 Å². The molecular formula is C27H36N2O4S. The van der Waals surface area contributed by atoms with Crippen LogP contribution in [0.1, 0.15) is 76.1 Å². The molecule has 1 fully saturated rings. The predicted octanol–water partition coefficient (Wildman–Crippen LogP) is 5.76. The zero-order valence-electron chi connectivity index (χ0n) is 20.5. The van der Waals surface area contributed by atoms with E-state index in [0.717, 1.165) is 44.1 Å². The summed E-state index contributed by atoms with van der Waals surface area (Å²) in [6.45, 7) is 5.64. The molecule has 0 unspecified atom stereocenters. The first-order chi connectivity index (χ1) is 16.2. The minimum Gasteiger partial charge on any atom is -0.493 e. The fraction of sp³-hybridized carbons (Fsp3) is 0.481. The highest BCUT2D eigenvalue weighted by Crippen LogP contribution is 2.37. The van der Waals surface area contributed by atoms with Gasteiger partial charge in [0, 0.05) is 5.54 Å². The van der Waals surface area contributed by atoms with E-state index in [1.165, 1.54) is 31.4 Å². The monoisotopic (exact) mass is 484 g/mol. The van der Waals surface area contributed by atoms with Crippen molar-refractivity contribution in [3.05, 3.63) is 70.3 Å². The van der Waals surface area contributed by atoms with Gasteiger partial charge < -0.3 is 5.11 Å². The third-order valence-corrected chi connectivity index (χ3v) is 8.49. The van der Waals surface area contributed by atoms with Crippen molar-refractivity contribution >= 4 is 9.84 Å². The Labute approximate surface area is 202 Å². The van der Waals surface area contributed by atoms with Crippen LogP contribution in [0.25, 0.3) is 0 Å². The maximum atomic E-state index is 13.6. The van der Waals surface area contributed by atoms with Crippen molar-refractivity contribution in [2.75, 3.05) is 0 Å². The first-order valence-corrected chi connectivity index (χ1v) is 13.6. The summed E-state index contributed by atoms with van der Waals surface area (Å²) in [6.07, 6.45) is 9.31. The lowest BCUT2D eigenvalue weighted by molar-refractivity contribution is 0.207. The molecule has 1 aromatic carbocycles. The first-order valence-electron chi connectivity index (χ1n) is 12.1. The maximum Gasteiger partial charge on any atom is 0.296 e. The van der Waals surface area contributed by atoms with Crippen molar-refractivity contribution < 1.29 is 13.5 Å². The first kappa shape index (κ1) is 25.9. The van der Waals surface area contributed by atoms with Gasteiger partial charge in [0.15, 0.2) is 4.90 Å². The van der Waals surface area contributed by atoms with Crippen molar-refractivity contribution in [1.82, 2.24) is 9.55 Å². The third-order valence-electron chi connectivity index (χ3n) is 6.71. The molecule has 1 N–H and O–H groups in total.